The average Bonchev–Trinajstić information content (AvgIpc) is 3.56. The Bertz CT molecular complexity index is 2180. The van der Waals surface area contributed by atoms with E-state index >= 15 is 0 Å². The topological polar surface area (TPSA) is 255 Å². The average molecular weight is 758 g/mol. The number of benzene rings is 4. The Balaban J connectivity index is 0.000000270. The molecule has 20 heteroatoms. The van der Waals surface area contributed by atoms with Crippen LogP contribution in [-0.2, 0) is 21.6 Å². The molecule has 1 aliphatic heterocycles. The molecule has 18 nitrogen and oxygen atoms in total. The van der Waals surface area contributed by atoms with Crippen LogP contribution >= 0.6 is 0 Å². The Morgan fingerprint density at radius 1 is 0.712 bits per heavy atom. The van der Waals surface area contributed by atoms with Gasteiger partial charge in [-0.3, -0.25) is 25.0 Å². The summed E-state index contributed by atoms with van der Waals surface area (Å²) in [6.07, 6.45) is 0. The van der Waals surface area contributed by atoms with Crippen LogP contribution in [-0.4, -0.2) is 37.3 Å². The molecular weight excluding hydrogens is 734 g/mol. The van der Waals surface area contributed by atoms with Gasteiger partial charge in [-0.2, -0.15) is 30.6 Å². The first-order valence-corrected chi connectivity index (χ1v) is 14.4. The SMILES string of the molecule is CC1=NN(c2ccccc2)C(=O)C1N=Nc1cc([N+](=O)[O-])ccc1[O-].Cc1nn(-c2ccccc2)c([O-])c1N=Nc1cc([N+](=O)[O-])ccc1[O-].[Co+2].[Na+]. The van der Waals surface area contributed by atoms with Gasteiger partial charge in [-0.1, -0.05) is 60.0 Å². The number of nitro benzene ring substituents is 2. The van der Waals surface area contributed by atoms with Crippen LogP contribution in [0, 0.1) is 27.2 Å². The summed E-state index contributed by atoms with van der Waals surface area (Å²) in [4.78, 5) is 32.7. The van der Waals surface area contributed by atoms with E-state index in [1.165, 1.54) is 9.69 Å². The number of non-ortho nitro benzene ring substituents is 2. The molecule has 0 saturated heterocycles. The van der Waals surface area contributed by atoms with Gasteiger partial charge in [-0.15, -0.1) is 5.11 Å². The summed E-state index contributed by atoms with van der Waals surface area (Å²) >= 11 is 0. The summed E-state index contributed by atoms with van der Waals surface area (Å²) < 4.78 is 1.18. The van der Waals surface area contributed by atoms with Crippen LogP contribution in [0.2, 0.25) is 0 Å². The molecule has 0 saturated carbocycles. The Kier molecular flexibility index (Phi) is 13.9. The number of carbonyl (C=O) groups is 1. The molecule has 4 aromatic carbocycles. The van der Waals surface area contributed by atoms with Crippen molar-refractivity contribution in [1.82, 2.24) is 9.78 Å². The number of aromatic nitrogens is 2. The predicted octanol–water partition coefficient (Wildman–Crippen LogP) is 2.20. The molecule has 1 aromatic heterocycles. The predicted molar refractivity (Wildman–Crippen MR) is 172 cm³/mol. The van der Waals surface area contributed by atoms with Crippen molar-refractivity contribution in [3.05, 3.63) is 123 Å². The number of nitro groups is 2. The Morgan fingerprint density at radius 2 is 1.21 bits per heavy atom. The zero-order valence-electron chi connectivity index (χ0n) is 27.4. The number of azo groups is 2. The summed E-state index contributed by atoms with van der Waals surface area (Å²) in [5, 5.41) is 82.1. The number of aryl methyl sites for hydroxylation is 1. The minimum atomic E-state index is -0.973. The molecule has 2 heterocycles. The molecule has 5 aromatic rings. The molecule has 0 aliphatic carbocycles. The van der Waals surface area contributed by atoms with E-state index in [1.54, 1.807) is 62.4 Å². The van der Waals surface area contributed by atoms with E-state index in [-0.39, 0.29) is 74.8 Å². The van der Waals surface area contributed by atoms with Crippen LogP contribution in [0.4, 0.5) is 34.1 Å². The molecule has 1 radical (unpaired) electrons. The Labute approximate surface area is 326 Å². The molecule has 1 unspecified atom stereocenters. The summed E-state index contributed by atoms with van der Waals surface area (Å²) in [5.74, 6) is -1.96. The van der Waals surface area contributed by atoms with Crippen molar-refractivity contribution in [2.75, 3.05) is 5.01 Å². The number of nitrogens with zero attached hydrogens (tertiary/aromatic N) is 10. The molecule has 52 heavy (non-hydrogen) atoms. The van der Waals surface area contributed by atoms with Crippen LogP contribution in [0.3, 0.4) is 0 Å². The molecule has 1 amide bonds. The van der Waals surface area contributed by atoms with Gasteiger partial charge in [0.15, 0.2) is 6.04 Å². The number of amides is 1. The summed E-state index contributed by atoms with van der Waals surface area (Å²) in [5.41, 5.74) is 0.880. The summed E-state index contributed by atoms with van der Waals surface area (Å²) in [7, 11) is 0. The zero-order chi connectivity index (χ0) is 35.9. The fourth-order valence-corrected chi connectivity index (χ4v) is 4.42. The van der Waals surface area contributed by atoms with Gasteiger partial charge in [0.05, 0.1) is 44.0 Å². The first kappa shape index (κ1) is 40.6. The first-order valence-electron chi connectivity index (χ1n) is 14.4. The number of hydrogen-bond donors (Lipinski definition) is 0. The number of carbonyl (C=O) groups excluding carboxylic acids is 1. The molecule has 1 atom stereocenters. The zero-order valence-corrected chi connectivity index (χ0v) is 30.4. The number of hydrazone groups is 1. The molecule has 0 bridgehead atoms. The molecule has 6 rings (SSSR count). The van der Waals surface area contributed by atoms with E-state index < -0.39 is 39.2 Å². The van der Waals surface area contributed by atoms with E-state index in [0.717, 1.165) is 36.4 Å². The third-order valence-electron chi connectivity index (χ3n) is 6.93. The quantitative estimate of drug-likeness (QED) is 0.0971. The molecule has 259 valence electrons. The van der Waals surface area contributed by atoms with E-state index in [4.69, 9.17) is 0 Å². The van der Waals surface area contributed by atoms with E-state index in [2.05, 4.69) is 30.7 Å². The van der Waals surface area contributed by atoms with Crippen molar-refractivity contribution >= 4 is 45.7 Å². The van der Waals surface area contributed by atoms with Crippen LogP contribution in [0.5, 0.6) is 17.4 Å². The second kappa shape index (κ2) is 17.9. The van der Waals surface area contributed by atoms with Gasteiger partial charge in [-0.25, -0.2) is 4.68 Å². The minimum absolute atomic E-state index is 0. The van der Waals surface area contributed by atoms with Crippen molar-refractivity contribution in [2.45, 2.75) is 19.9 Å². The fraction of sp³-hybridized carbons (Fsp3) is 0.0938. The second-order valence-corrected chi connectivity index (χ2v) is 10.3. The normalized spacial score (nSPS) is 13.6. The number of hydrogen-bond acceptors (Lipinski definition) is 14. The molecule has 1 aliphatic rings. The number of rotatable bonds is 8. The van der Waals surface area contributed by atoms with Crippen LogP contribution in [0.15, 0.2) is 123 Å². The van der Waals surface area contributed by atoms with Crippen LogP contribution in [0.1, 0.15) is 12.6 Å². The van der Waals surface area contributed by atoms with Crippen molar-refractivity contribution in [3.63, 3.8) is 0 Å². The third kappa shape index (κ3) is 9.27. The van der Waals surface area contributed by atoms with Crippen molar-refractivity contribution in [3.8, 4) is 23.1 Å². The van der Waals surface area contributed by atoms with Gasteiger partial charge >= 0.3 is 46.3 Å². The fourth-order valence-electron chi connectivity index (χ4n) is 4.42. The van der Waals surface area contributed by atoms with E-state index in [1.807, 2.05) is 12.1 Å². The maximum atomic E-state index is 12.5. The molecule has 0 fully saturated rings. The second-order valence-electron chi connectivity index (χ2n) is 10.3. The summed E-state index contributed by atoms with van der Waals surface area (Å²) in [6.45, 7) is 3.21. The summed E-state index contributed by atoms with van der Waals surface area (Å²) in [6, 6.07) is 22.9. The first-order chi connectivity index (χ1) is 23.9. The van der Waals surface area contributed by atoms with Crippen molar-refractivity contribution in [2.24, 2.45) is 25.6 Å². The van der Waals surface area contributed by atoms with Crippen LogP contribution < -0.4 is 49.9 Å². The van der Waals surface area contributed by atoms with Gasteiger partial charge in [-0.05, 0) is 38.1 Å². The van der Waals surface area contributed by atoms with E-state index in [9.17, 15) is 40.3 Å². The molecular formula is C32H23CoN10NaO8. The van der Waals surface area contributed by atoms with Gasteiger partial charge in [0.2, 0.25) is 0 Å². The van der Waals surface area contributed by atoms with E-state index in [0.29, 0.717) is 22.8 Å². The Morgan fingerprint density at radius 3 is 1.73 bits per heavy atom. The third-order valence-corrected chi connectivity index (χ3v) is 6.93. The standard InChI is InChI=1S/2C16H13N5O4.Co.Na/c2*1-10-15(16(23)20(19-10)11-5-3-2-4-6-11)18-17-13-9-12(21(24)25)7-8-14(13)22;;/h2-9,22-23H,1H3;2-9,15,22H,1H3;;/q;;+2;+1/p-3. The molecule has 0 spiro atoms. The maximum Gasteiger partial charge on any atom is 2.00 e. The van der Waals surface area contributed by atoms with Crippen molar-refractivity contribution in [1.29, 1.82) is 0 Å². The van der Waals surface area contributed by atoms with Gasteiger partial charge < -0.3 is 15.3 Å². The monoisotopic (exact) mass is 757 g/mol. The van der Waals surface area contributed by atoms with Gasteiger partial charge in [0, 0.05) is 30.1 Å². The molecule has 0 N–H and O–H groups in total. The minimum Gasteiger partial charge on any atom is -0.871 e. The van der Waals surface area contributed by atoms with Crippen LogP contribution in [0.25, 0.3) is 5.69 Å². The number of para-hydroxylation sites is 2. The van der Waals surface area contributed by atoms with Gasteiger partial charge in [0.25, 0.3) is 17.3 Å². The van der Waals surface area contributed by atoms with Gasteiger partial charge in [0.1, 0.15) is 5.69 Å². The smallest absolute Gasteiger partial charge is 0.871 e. The van der Waals surface area contributed by atoms with Crippen molar-refractivity contribution < 1.29 is 76.3 Å². The maximum absolute atomic E-state index is 12.5. The Hall–Kier alpha value is -5.86. The number of anilines is 1. The largest absolute Gasteiger partial charge is 2.00 e.